The lowest BCUT2D eigenvalue weighted by Crippen LogP contribution is -2.09. The second-order valence-corrected chi connectivity index (χ2v) is 5.25. The molecular formula is C19H21NO2. The second-order valence-electron chi connectivity index (χ2n) is 5.25. The Bertz CT molecular complexity index is 672. The van der Waals surface area contributed by atoms with Gasteiger partial charge in [-0.3, -0.25) is 4.79 Å². The Morgan fingerprint density at radius 1 is 1.18 bits per heavy atom. The van der Waals surface area contributed by atoms with E-state index >= 15 is 0 Å². The average Bonchev–Trinajstić information content (AvgIpc) is 2.55. The molecule has 0 atom stereocenters. The van der Waals surface area contributed by atoms with Crippen molar-refractivity contribution in [1.82, 2.24) is 5.32 Å². The van der Waals surface area contributed by atoms with Gasteiger partial charge in [-0.25, -0.2) is 0 Å². The van der Waals surface area contributed by atoms with Crippen molar-refractivity contribution in [3.63, 3.8) is 0 Å². The molecule has 0 amide bonds. The summed E-state index contributed by atoms with van der Waals surface area (Å²) < 4.78 is 5.19. The van der Waals surface area contributed by atoms with Gasteiger partial charge in [0.05, 0.1) is 7.11 Å². The fraction of sp³-hybridized carbons (Fsp3) is 0.211. The van der Waals surface area contributed by atoms with Crippen LogP contribution in [0.3, 0.4) is 0 Å². The van der Waals surface area contributed by atoms with Gasteiger partial charge in [-0.05, 0) is 31.5 Å². The molecule has 0 saturated heterocycles. The van der Waals surface area contributed by atoms with Crippen LogP contribution in [-0.2, 0) is 6.54 Å². The van der Waals surface area contributed by atoms with Gasteiger partial charge >= 0.3 is 0 Å². The van der Waals surface area contributed by atoms with Gasteiger partial charge in [0.2, 0.25) is 0 Å². The fourth-order valence-corrected chi connectivity index (χ4v) is 2.10. The Hall–Kier alpha value is -2.55. The molecule has 114 valence electrons. The lowest BCUT2D eigenvalue weighted by Gasteiger charge is -2.06. The minimum absolute atomic E-state index is 0.0399. The van der Waals surface area contributed by atoms with E-state index in [9.17, 15) is 4.79 Å². The minimum Gasteiger partial charge on any atom is -0.497 e. The Kier molecular flexibility index (Phi) is 5.37. The number of methoxy groups -OCH3 is 1. The zero-order valence-corrected chi connectivity index (χ0v) is 13.2. The third kappa shape index (κ3) is 4.22. The number of carbonyl (C=O) groups is 1. The van der Waals surface area contributed by atoms with E-state index in [0.717, 1.165) is 16.9 Å². The van der Waals surface area contributed by atoms with Gasteiger partial charge in [0.1, 0.15) is 5.75 Å². The maximum atomic E-state index is 12.3. The van der Waals surface area contributed by atoms with Crippen molar-refractivity contribution in [3.8, 4) is 5.75 Å². The molecule has 2 aromatic carbocycles. The summed E-state index contributed by atoms with van der Waals surface area (Å²) >= 11 is 0. The van der Waals surface area contributed by atoms with Gasteiger partial charge in [0.15, 0.2) is 5.78 Å². The average molecular weight is 295 g/mol. The molecule has 22 heavy (non-hydrogen) atoms. The minimum atomic E-state index is 0.0399. The molecule has 3 nitrogen and oxygen atoms in total. The van der Waals surface area contributed by atoms with E-state index in [1.54, 1.807) is 13.3 Å². The summed E-state index contributed by atoms with van der Waals surface area (Å²) in [5, 5.41) is 3.18. The summed E-state index contributed by atoms with van der Waals surface area (Å²) in [7, 11) is 1.65. The third-order valence-electron chi connectivity index (χ3n) is 3.43. The van der Waals surface area contributed by atoms with E-state index in [1.807, 2.05) is 62.4 Å². The number of Topliss-reactive ketones (excluding diaryl/α,β-unsaturated/α-hetero) is 1. The highest BCUT2D eigenvalue weighted by molar-refractivity contribution is 6.08. The predicted molar refractivity (Wildman–Crippen MR) is 89.1 cm³/mol. The quantitative estimate of drug-likeness (QED) is 0.649. The SMILES string of the molecule is COc1cccc(CNC=C(C)C(=O)c2ccc(C)cc2)c1. The van der Waals surface area contributed by atoms with E-state index in [-0.39, 0.29) is 5.78 Å². The first-order valence-corrected chi connectivity index (χ1v) is 7.24. The molecule has 0 spiro atoms. The number of aryl methyl sites for hydroxylation is 1. The van der Waals surface area contributed by atoms with Crippen LogP contribution in [0, 0.1) is 6.92 Å². The molecule has 0 bridgehead atoms. The van der Waals surface area contributed by atoms with Crippen LogP contribution in [0.5, 0.6) is 5.75 Å². The lowest BCUT2D eigenvalue weighted by molar-refractivity contribution is 0.103. The number of hydrogen-bond donors (Lipinski definition) is 1. The summed E-state index contributed by atoms with van der Waals surface area (Å²) in [6, 6.07) is 15.5. The van der Waals surface area contributed by atoms with Crippen LogP contribution < -0.4 is 10.1 Å². The molecule has 3 heteroatoms. The van der Waals surface area contributed by atoms with Crippen molar-refractivity contribution in [2.24, 2.45) is 0 Å². The molecule has 0 radical (unpaired) electrons. The molecule has 0 heterocycles. The van der Waals surface area contributed by atoms with Crippen molar-refractivity contribution in [2.45, 2.75) is 20.4 Å². The number of rotatable bonds is 6. The summed E-state index contributed by atoms with van der Waals surface area (Å²) in [5.74, 6) is 0.869. The molecule has 0 aliphatic rings. The largest absolute Gasteiger partial charge is 0.497 e. The summed E-state index contributed by atoms with van der Waals surface area (Å²) in [6.07, 6.45) is 1.77. The summed E-state index contributed by atoms with van der Waals surface area (Å²) in [4.78, 5) is 12.3. The number of hydrogen-bond acceptors (Lipinski definition) is 3. The lowest BCUT2D eigenvalue weighted by atomic mass is 10.0. The van der Waals surface area contributed by atoms with E-state index in [0.29, 0.717) is 17.7 Å². The Balaban J connectivity index is 1.97. The number of nitrogens with one attached hydrogen (secondary N) is 1. The highest BCUT2D eigenvalue weighted by Gasteiger charge is 2.07. The maximum absolute atomic E-state index is 12.3. The number of carbonyl (C=O) groups excluding carboxylic acids is 1. The smallest absolute Gasteiger partial charge is 0.190 e. The second kappa shape index (κ2) is 7.46. The zero-order chi connectivity index (χ0) is 15.9. The van der Waals surface area contributed by atoms with Crippen molar-refractivity contribution in [3.05, 3.63) is 77.0 Å². The molecular weight excluding hydrogens is 274 g/mol. The first-order chi connectivity index (χ1) is 10.6. The van der Waals surface area contributed by atoms with Crippen molar-refractivity contribution >= 4 is 5.78 Å². The normalized spacial score (nSPS) is 11.1. The first kappa shape index (κ1) is 15.8. The van der Waals surface area contributed by atoms with Crippen LogP contribution in [0.15, 0.2) is 60.3 Å². The Labute approximate surface area is 131 Å². The first-order valence-electron chi connectivity index (χ1n) is 7.24. The molecule has 0 fully saturated rings. The maximum Gasteiger partial charge on any atom is 0.190 e. The molecule has 0 aliphatic heterocycles. The van der Waals surface area contributed by atoms with Crippen LogP contribution in [0.4, 0.5) is 0 Å². The van der Waals surface area contributed by atoms with Gasteiger partial charge < -0.3 is 10.1 Å². The van der Waals surface area contributed by atoms with Crippen LogP contribution in [0.2, 0.25) is 0 Å². The van der Waals surface area contributed by atoms with Crippen molar-refractivity contribution in [1.29, 1.82) is 0 Å². The van der Waals surface area contributed by atoms with Gasteiger partial charge in [-0.15, -0.1) is 0 Å². The van der Waals surface area contributed by atoms with Gasteiger partial charge in [0, 0.05) is 23.9 Å². The van der Waals surface area contributed by atoms with Crippen molar-refractivity contribution < 1.29 is 9.53 Å². The monoisotopic (exact) mass is 295 g/mol. The summed E-state index contributed by atoms with van der Waals surface area (Å²) in [6.45, 7) is 4.48. The van der Waals surface area contributed by atoms with E-state index in [4.69, 9.17) is 4.74 Å². The van der Waals surface area contributed by atoms with Gasteiger partial charge in [-0.2, -0.15) is 0 Å². The van der Waals surface area contributed by atoms with Crippen molar-refractivity contribution in [2.75, 3.05) is 7.11 Å². The third-order valence-corrected chi connectivity index (χ3v) is 3.43. The number of allylic oxidation sites excluding steroid dienone is 1. The number of ketones is 1. The Morgan fingerprint density at radius 2 is 1.91 bits per heavy atom. The van der Waals surface area contributed by atoms with Crippen LogP contribution in [-0.4, -0.2) is 12.9 Å². The standard InChI is InChI=1S/C19H21NO2/c1-14-7-9-17(10-8-14)19(21)15(2)12-20-13-16-5-4-6-18(11-16)22-3/h4-12,20H,13H2,1-3H3. The van der Waals surface area contributed by atoms with Crippen LogP contribution in [0.1, 0.15) is 28.4 Å². The highest BCUT2D eigenvalue weighted by Crippen LogP contribution is 2.13. The zero-order valence-electron chi connectivity index (χ0n) is 13.2. The fourth-order valence-electron chi connectivity index (χ4n) is 2.10. The Morgan fingerprint density at radius 3 is 2.59 bits per heavy atom. The van der Waals surface area contributed by atoms with Gasteiger partial charge in [-0.1, -0.05) is 42.0 Å². The highest BCUT2D eigenvalue weighted by atomic mass is 16.5. The summed E-state index contributed by atoms with van der Waals surface area (Å²) in [5.41, 5.74) is 3.65. The van der Waals surface area contributed by atoms with Crippen LogP contribution >= 0.6 is 0 Å². The van der Waals surface area contributed by atoms with E-state index in [1.165, 1.54) is 0 Å². The molecule has 1 N–H and O–H groups in total. The molecule has 0 saturated carbocycles. The number of benzene rings is 2. The molecule has 2 rings (SSSR count). The molecule has 2 aromatic rings. The molecule has 0 aromatic heterocycles. The van der Waals surface area contributed by atoms with E-state index in [2.05, 4.69) is 5.32 Å². The molecule has 0 aliphatic carbocycles. The molecule has 0 unspecified atom stereocenters. The topological polar surface area (TPSA) is 38.3 Å². The predicted octanol–water partition coefficient (Wildman–Crippen LogP) is 3.88. The number of ether oxygens (including phenoxy) is 1. The van der Waals surface area contributed by atoms with Gasteiger partial charge in [0.25, 0.3) is 0 Å². The van der Waals surface area contributed by atoms with Crippen LogP contribution in [0.25, 0.3) is 0 Å². The van der Waals surface area contributed by atoms with E-state index < -0.39 is 0 Å².